The Balaban J connectivity index is 2.58. The largest absolute Gasteiger partial charge is 0.504 e. The molecule has 0 aliphatic carbocycles. The number of guanidine groups is 1. The molecule has 0 fully saturated rings. The fourth-order valence-electron chi connectivity index (χ4n) is 3.02. The molecule has 1 aromatic rings. The molecule has 0 bridgehead atoms. The Bertz CT molecular complexity index is 565. The van der Waals surface area contributed by atoms with Crippen molar-refractivity contribution in [3.8, 4) is 11.5 Å². The van der Waals surface area contributed by atoms with Gasteiger partial charge in [-0.2, -0.15) is 0 Å². The highest BCUT2D eigenvalue weighted by molar-refractivity contribution is 5.79. The maximum Gasteiger partial charge on any atom is 0.191 e. The van der Waals surface area contributed by atoms with Crippen molar-refractivity contribution >= 4 is 5.96 Å². The van der Waals surface area contributed by atoms with Crippen molar-refractivity contribution in [2.24, 2.45) is 4.99 Å². The van der Waals surface area contributed by atoms with Crippen LogP contribution in [0.15, 0.2) is 23.2 Å². The number of benzene rings is 1. The SMILES string of the molecule is CCNC(=NCc1ccc(O)c(OCC)c1)NCCCN(C(C)C)C(C)C. The predicted octanol–water partition coefficient (Wildman–Crippen LogP) is 3.35. The van der Waals surface area contributed by atoms with Crippen molar-refractivity contribution in [3.63, 3.8) is 0 Å². The molecule has 0 amide bonds. The van der Waals surface area contributed by atoms with E-state index < -0.39 is 0 Å². The predicted molar refractivity (Wildman–Crippen MR) is 114 cm³/mol. The molecule has 0 saturated heterocycles. The van der Waals surface area contributed by atoms with Crippen LogP contribution in [0.25, 0.3) is 0 Å². The van der Waals surface area contributed by atoms with Crippen molar-refractivity contribution in [2.75, 3.05) is 26.2 Å². The lowest BCUT2D eigenvalue weighted by Gasteiger charge is -2.30. The summed E-state index contributed by atoms with van der Waals surface area (Å²) in [6, 6.07) is 6.48. The topological polar surface area (TPSA) is 69.1 Å². The van der Waals surface area contributed by atoms with Gasteiger partial charge in [0.25, 0.3) is 0 Å². The van der Waals surface area contributed by atoms with Crippen LogP contribution in [-0.2, 0) is 6.54 Å². The molecule has 0 atom stereocenters. The lowest BCUT2D eigenvalue weighted by Crippen LogP contribution is -2.41. The molecule has 0 unspecified atom stereocenters. The van der Waals surface area contributed by atoms with E-state index in [1.54, 1.807) is 6.07 Å². The van der Waals surface area contributed by atoms with Crippen molar-refractivity contribution < 1.29 is 9.84 Å². The number of aromatic hydroxyl groups is 1. The summed E-state index contributed by atoms with van der Waals surface area (Å²) >= 11 is 0. The van der Waals surface area contributed by atoms with E-state index in [4.69, 9.17) is 4.74 Å². The first kappa shape index (κ1) is 23.1. The molecule has 0 aliphatic rings. The van der Waals surface area contributed by atoms with Crippen molar-refractivity contribution in [1.29, 1.82) is 0 Å². The Morgan fingerprint density at radius 2 is 1.85 bits per heavy atom. The molecule has 0 spiro atoms. The lowest BCUT2D eigenvalue weighted by molar-refractivity contribution is 0.173. The zero-order valence-corrected chi connectivity index (χ0v) is 17.9. The second-order valence-electron chi connectivity index (χ2n) is 7.14. The average Bonchev–Trinajstić information content (AvgIpc) is 2.61. The van der Waals surface area contributed by atoms with Gasteiger partial charge in [-0.15, -0.1) is 0 Å². The number of rotatable bonds is 11. The van der Waals surface area contributed by atoms with E-state index in [1.165, 1.54) is 0 Å². The highest BCUT2D eigenvalue weighted by Gasteiger charge is 2.12. The Kier molecular flexibility index (Phi) is 10.6. The van der Waals surface area contributed by atoms with Crippen LogP contribution in [0.1, 0.15) is 53.5 Å². The van der Waals surface area contributed by atoms with Crippen LogP contribution in [0.3, 0.4) is 0 Å². The Hall–Kier alpha value is -1.95. The van der Waals surface area contributed by atoms with Gasteiger partial charge in [0.1, 0.15) is 0 Å². The molecular formula is C21H38N4O2. The summed E-state index contributed by atoms with van der Waals surface area (Å²) in [6.07, 6.45) is 1.06. The van der Waals surface area contributed by atoms with E-state index in [9.17, 15) is 5.11 Å². The number of nitrogens with one attached hydrogen (secondary N) is 2. The summed E-state index contributed by atoms with van der Waals surface area (Å²) in [5.74, 6) is 1.48. The first-order chi connectivity index (χ1) is 12.9. The van der Waals surface area contributed by atoms with Gasteiger partial charge in [0.15, 0.2) is 17.5 Å². The number of hydrogen-bond acceptors (Lipinski definition) is 4. The minimum atomic E-state index is 0.162. The van der Waals surface area contributed by atoms with Gasteiger partial charge in [0.05, 0.1) is 13.2 Å². The van der Waals surface area contributed by atoms with E-state index >= 15 is 0 Å². The Morgan fingerprint density at radius 3 is 2.44 bits per heavy atom. The first-order valence-corrected chi connectivity index (χ1v) is 10.1. The van der Waals surface area contributed by atoms with E-state index in [0.29, 0.717) is 31.0 Å². The smallest absolute Gasteiger partial charge is 0.191 e. The molecule has 1 rings (SSSR count). The van der Waals surface area contributed by atoms with Crippen molar-refractivity contribution in [2.45, 2.75) is 66.6 Å². The molecule has 0 saturated carbocycles. The fourth-order valence-corrected chi connectivity index (χ4v) is 3.02. The summed E-state index contributed by atoms with van der Waals surface area (Å²) in [4.78, 5) is 7.14. The summed E-state index contributed by atoms with van der Waals surface area (Å²) in [6.45, 7) is 16.7. The molecule has 0 heterocycles. The van der Waals surface area contributed by atoms with Gasteiger partial charge in [-0.1, -0.05) is 6.07 Å². The van der Waals surface area contributed by atoms with Gasteiger partial charge < -0.3 is 20.5 Å². The maximum absolute atomic E-state index is 9.80. The molecule has 0 radical (unpaired) electrons. The fraction of sp³-hybridized carbons (Fsp3) is 0.667. The number of aliphatic imine (C=N–C) groups is 1. The first-order valence-electron chi connectivity index (χ1n) is 10.1. The van der Waals surface area contributed by atoms with Crippen LogP contribution in [0, 0.1) is 0 Å². The van der Waals surface area contributed by atoms with Crippen LogP contribution in [0.4, 0.5) is 0 Å². The molecule has 6 heteroatoms. The molecule has 27 heavy (non-hydrogen) atoms. The van der Waals surface area contributed by atoms with Crippen LogP contribution in [-0.4, -0.2) is 54.3 Å². The van der Waals surface area contributed by atoms with Gasteiger partial charge in [-0.3, -0.25) is 4.90 Å². The molecular weight excluding hydrogens is 340 g/mol. The summed E-state index contributed by atoms with van der Waals surface area (Å²) in [5, 5.41) is 16.5. The third kappa shape index (κ3) is 8.52. The van der Waals surface area contributed by atoms with E-state index in [0.717, 1.165) is 37.6 Å². The normalized spacial score (nSPS) is 12.1. The summed E-state index contributed by atoms with van der Waals surface area (Å²) < 4.78 is 5.44. The summed E-state index contributed by atoms with van der Waals surface area (Å²) in [5.41, 5.74) is 0.999. The lowest BCUT2D eigenvalue weighted by atomic mass is 10.2. The summed E-state index contributed by atoms with van der Waals surface area (Å²) in [7, 11) is 0. The molecule has 6 nitrogen and oxygen atoms in total. The number of nitrogens with zero attached hydrogens (tertiary/aromatic N) is 2. The van der Waals surface area contributed by atoms with Crippen molar-refractivity contribution in [1.82, 2.24) is 15.5 Å². The molecule has 1 aromatic carbocycles. The van der Waals surface area contributed by atoms with Crippen LogP contribution >= 0.6 is 0 Å². The number of ether oxygens (including phenoxy) is 1. The highest BCUT2D eigenvalue weighted by atomic mass is 16.5. The van der Waals surface area contributed by atoms with Gasteiger partial charge in [0.2, 0.25) is 0 Å². The van der Waals surface area contributed by atoms with Gasteiger partial charge in [0, 0.05) is 31.7 Å². The average molecular weight is 379 g/mol. The minimum absolute atomic E-state index is 0.162. The highest BCUT2D eigenvalue weighted by Crippen LogP contribution is 2.27. The quantitative estimate of drug-likeness (QED) is 0.313. The number of hydrogen-bond donors (Lipinski definition) is 3. The third-order valence-corrected chi connectivity index (χ3v) is 4.30. The maximum atomic E-state index is 9.80. The Labute approximate surface area is 165 Å². The van der Waals surface area contributed by atoms with Crippen LogP contribution in [0.5, 0.6) is 11.5 Å². The van der Waals surface area contributed by atoms with E-state index in [2.05, 4.69) is 55.1 Å². The molecule has 0 aromatic heterocycles. The molecule has 154 valence electrons. The van der Waals surface area contributed by atoms with Crippen LogP contribution < -0.4 is 15.4 Å². The molecule has 3 N–H and O–H groups in total. The standard InChI is InChI=1S/C21H38N4O2/c1-7-22-21(23-12-9-13-25(16(3)4)17(5)6)24-15-18-10-11-19(26)20(14-18)27-8-2/h10-11,14,16-17,26H,7-9,12-13,15H2,1-6H3,(H2,22,23,24). The monoisotopic (exact) mass is 378 g/mol. The zero-order chi connectivity index (χ0) is 20.2. The van der Waals surface area contributed by atoms with Crippen LogP contribution in [0.2, 0.25) is 0 Å². The molecule has 0 aliphatic heterocycles. The van der Waals surface area contributed by atoms with Gasteiger partial charge in [-0.05, 0) is 65.7 Å². The minimum Gasteiger partial charge on any atom is -0.504 e. The van der Waals surface area contributed by atoms with Gasteiger partial charge in [-0.25, -0.2) is 4.99 Å². The third-order valence-electron chi connectivity index (χ3n) is 4.30. The van der Waals surface area contributed by atoms with E-state index in [1.807, 2.05) is 19.1 Å². The second-order valence-corrected chi connectivity index (χ2v) is 7.14. The Morgan fingerprint density at radius 1 is 1.15 bits per heavy atom. The van der Waals surface area contributed by atoms with Gasteiger partial charge >= 0.3 is 0 Å². The van der Waals surface area contributed by atoms with E-state index in [-0.39, 0.29) is 5.75 Å². The number of phenols is 1. The van der Waals surface area contributed by atoms with Crippen molar-refractivity contribution in [3.05, 3.63) is 23.8 Å². The second kappa shape index (κ2) is 12.4. The number of phenolic OH excluding ortho intramolecular Hbond substituents is 1. The zero-order valence-electron chi connectivity index (χ0n) is 17.9.